The standard InChI is InChI=1S/C14H13NOS/c1-10-6-5-9-12(14(15)17)13(10)16-11-7-3-2-4-8-11/h2-9H,1H3,(H2,15,17). The van der Waals surface area contributed by atoms with Crippen molar-refractivity contribution < 1.29 is 4.74 Å². The average Bonchev–Trinajstić information content (AvgIpc) is 2.33. The van der Waals surface area contributed by atoms with Crippen LogP contribution in [0.4, 0.5) is 0 Å². The Labute approximate surface area is 106 Å². The molecule has 0 aromatic heterocycles. The van der Waals surface area contributed by atoms with Crippen molar-refractivity contribution in [1.29, 1.82) is 0 Å². The molecule has 0 bridgehead atoms. The molecule has 2 aromatic rings. The van der Waals surface area contributed by atoms with Gasteiger partial charge in [-0.3, -0.25) is 0 Å². The quantitative estimate of drug-likeness (QED) is 0.839. The summed E-state index contributed by atoms with van der Waals surface area (Å²) in [5, 5.41) is 0. The first kappa shape index (κ1) is 11.6. The number of hydrogen-bond acceptors (Lipinski definition) is 2. The molecule has 17 heavy (non-hydrogen) atoms. The van der Waals surface area contributed by atoms with Crippen LogP contribution in [0.15, 0.2) is 48.5 Å². The summed E-state index contributed by atoms with van der Waals surface area (Å²) in [6.45, 7) is 1.97. The fourth-order valence-electron chi connectivity index (χ4n) is 1.59. The summed E-state index contributed by atoms with van der Waals surface area (Å²) in [7, 11) is 0. The monoisotopic (exact) mass is 243 g/mol. The fraction of sp³-hybridized carbons (Fsp3) is 0.0714. The van der Waals surface area contributed by atoms with Gasteiger partial charge < -0.3 is 10.5 Å². The van der Waals surface area contributed by atoms with E-state index < -0.39 is 0 Å². The number of benzene rings is 2. The van der Waals surface area contributed by atoms with Crippen molar-refractivity contribution in [2.45, 2.75) is 6.92 Å². The second-order valence-electron chi connectivity index (χ2n) is 3.73. The molecule has 0 fully saturated rings. The van der Waals surface area contributed by atoms with Crippen LogP contribution in [-0.2, 0) is 0 Å². The smallest absolute Gasteiger partial charge is 0.140 e. The Morgan fingerprint density at radius 1 is 1.06 bits per heavy atom. The lowest BCUT2D eigenvalue weighted by Crippen LogP contribution is -2.11. The Morgan fingerprint density at radius 3 is 2.41 bits per heavy atom. The maximum absolute atomic E-state index is 5.83. The highest BCUT2D eigenvalue weighted by molar-refractivity contribution is 7.80. The summed E-state index contributed by atoms with van der Waals surface area (Å²) in [5.41, 5.74) is 7.47. The molecule has 0 heterocycles. The molecule has 0 spiro atoms. The predicted molar refractivity (Wildman–Crippen MR) is 73.6 cm³/mol. The molecule has 86 valence electrons. The molecule has 0 radical (unpaired) electrons. The summed E-state index contributed by atoms with van der Waals surface area (Å²) in [4.78, 5) is 0.347. The van der Waals surface area contributed by atoms with E-state index in [2.05, 4.69) is 0 Å². The lowest BCUT2D eigenvalue weighted by molar-refractivity contribution is 0.478. The highest BCUT2D eigenvalue weighted by Crippen LogP contribution is 2.28. The summed E-state index contributed by atoms with van der Waals surface area (Å²) >= 11 is 5.02. The van der Waals surface area contributed by atoms with Crippen LogP contribution in [0.25, 0.3) is 0 Å². The Kier molecular flexibility index (Phi) is 3.40. The molecule has 0 saturated heterocycles. The van der Waals surface area contributed by atoms with E-state index in [0.717, 1.165) is 22.6 Å². The zero-order valence-electron chi connectivity index (χ0n) is 9.51. The molecule has 0 unspecified atom stereocenters. The molecule has 0 atom stereocenters. The predicted octanol–water partition coefficient (Wildman–Crippen LogP) is 3.42. The van der Waals surface area contributed by atoms with Gasteiger partial charge in [-0.2, -0.15) is 0 Å². The third-order valence-electron chi connectivity index (χ3n) is 2.44. The number of rotatable bonds is 3. The highest BCUT2D eigenvalue weighted by Gasteiger charge is 2.09. The van der Waals surface area contributed by atoms with Gasteiger partial charge in [0.1, 0.15) is 16.5 Å². The van der Waals surface area contributed by atoms with E-state index in [1.807, 2.05) is 55.5 Å². The topological polar surface area (TPSA) is 35.2 Å². The number of nitrogens with two attached hydrogens (primary N) is 1. The molecule has 2 N–H and O–H groups in total. The van der Waals surface area contributed by atoms with E-state index in [0.29, 0.717) is 4.99 Å². The Balaban J connectivity index is 2.41. The highest BCUT2D eigenvalue weighted by atomic mass is 32.1. The largest absolute Gasteiger partial charge is 0.456 e. The molecule has 3 heteroatoms. The van der Waals surface area contributed by atoms with Gasteiger partial charge >= 0.3 is 0 Å². The van der Waals surface area contributed by atoms with Crippen molar-refractivity contribution in [3.8, 4) is 11.5 Å². The van der Waals surface area contributed by atoms with Crippen molar-refractivity contribution in [3.63, 3.8) is 0 Å². The van der Waals surface area contributed by atoms with Gasteiger partial charge in [-0.05, 0) is 30.7 Å². The molecule has 2 nitrogen and oxygen atoms in total. The fourth-order valence-corrected chi connectivity index (χ4v) is 1.75. The Bertz CT molecular complexity index is 537. The van der Waals surface area contributed by atoms with E-state index >= 15 is 0 Å². The summed E-state index contributed by atoms with van der Waals surface area (Å²) in [6, 6.07) is 15.3. The molecule has 0 saturated carbocycles. The van der Waals surface area contributed by atoms with Crippen molar-refractivity contribution in [3.05, 3.63) is 59.7 Å². The second-order valence-corrected chi connectivity index (χ2v) is 4.17. The molecule has 0 amide bonds. The molecular formula is C14H13NOS. The average molecular weight is 243 g/mol. The molecule has 2 rings (SSSR count). The van der Waals surface area contributed by atoms with Crippen molar-refractivity contribution in [2.24, 2.45) is 5.73 Å². The van der Waals surface area contributed by atoms with Gasteiger partial charge in [0.2, 0.25) is 0 Å². The molecular weight excluding hydrogens is 230 g/mol. The first-order valence-electron chi connectivity index (χ1n) is 5.31. The van der Waals surface area contributed by atoms with Gasteiger partial charge in [-0.15, -0.1) is 0 Å². The van der Waals surface area contributed by atoms with Crippen LogP contribution in [0.3, 0.4) is 0 Å². The van der Waals surface area contributed by atoms with Crippen LogP contribution in [0.2, 0.25) is 0 Å². The Morgan fingerprint density at radius 2 is 1.76 bits per heavy atom. The van der Waals surface area contributed by atoms with Crippen molar-refractivity contribution in [2.75, 3.05) is 0 Å². The second kappa shape index (κ2) is 4.97. The third-order valence-corrected chi connectivity index (χ3v) is 2.66. The first-order valence-corrected chi connectivity index (χ1v) is 5.71. The van der Waals surface area contributed by atoms with Gasteiger partial charge in [0.05, 0.1) is 5.56 Å². The van der Waals surface area contributed by atoms with Crippen LogP contribution in [0.5, 0.6) is 11.5 Å². The normalized spacial score (nSPS) is 9.94. The Hall–Kier alpha value is -1.87. The lowest BCUT2D eigenvalue weighted by Gasteiger charge is -2.12. The van der Waals surface area contributed by atoms with Crippen LogP contribution >= 0.6 is 12.2 Å². The summed E-state index contributed by atoms with van der Waals surface area (Å²) in [5.74, 6) is 1.51. The summed E-state index contributed by atoms with van der Waals surface area (Å²) < 4.78 is 5.83. The van der Waals surface area contributed by atoms with E-state index in [9.17, 15) is 0 Å². The molecule has 0 aliphatic carbocycles. The van der Waals surface area contributed by atoms with E-state index in [1.54, 1.807) is 0 Å². The SMILES string of the molecule is Cc1cccc(C(N)=S)c1Oc1ccccc1. The van der Waals surface area contributed by atoms with Crippen LogP contribution in [0.1, 0.15) is 11.1 Å². The maximum Gasteiger partial charge on any atom is 0.140 e. The molecule has 0 aliphatic heterocycles. The minimum Gasteiger partial charge on any atom is -0.456 e. The van der Waals surface area contributed by atoms with E-state index in [1.165, 1.54) is 0 Å². The van der Waals surface area contributed by atoms with Crippen molar-refractivity contribution in [1.82, 2.24) is 0 Å². The number of ether oxygens (including phenoxy) is 1. The summed E-state index contributed by atoms with van der Waals surface area (Å²) in [6.07, 6.45) is 0. The third kappa shape index (κ3) is 2.63. The van der Waals surface area contributed by atoms with Crippen LogP contribution in [0, 0.1) is 6.92 Å². The molecule has 0 aliphatic rings. The minimum absolute atomic E-state index is 0.347. The zero-order chi connectivity index (χ0) is 12.3. The first-order chi connectivity index (χ1) is 8.18. The minimum atomic E-state index is 0.347. The lowest BCUT2D eigenvalue weighted by atomic mass is 10.1. The number of aryl methyl sites for hydroxylation is 1. The van der Waals surface area contributed by atoms with Crippen LogP contribution in [-0.4, -0.2) is 4.99 Å². The number of hydrogen-bond donors (Lipinski definition) is 1. The van der Waals surface area contributed by atoms with Gasteiger partial charge in [-0.1, -0.05) is 42.5 Å². The van der Waals surface area contributed by atoms with E-state index in [-0.39, 0.29) is 0 Å². The zero-order valence-corrected chi connectivity index (χ0v) is 10.3. The van der Waals surface area contributed by atoms with E-state index in [4.69, 9.17) is 22.7 Å². The van der Waals surface area contributed by atoms with Gasteiger partial charge in [0.15, 0.2) is 0 Å². The van der Waals surface area contributed by atoms with Crippen LogP contribution < -0.4 is 10.5 Å². The number of thiocarbonyl (C=S) groups is 1. The van der Waals surface area contributed by atoms with Gasteiger partial charge in [0, 0.05) is 0 Å². The van der Waals surface area contributed by atoms with Gasteiger partial charge in [-0.25, -0.2) is 0 Å². The molecule has 2 aromatic carbocycles. The van der Waals surface area contributed by atoms with Crippen molar-refractivity contribution >= 4 is 17.2 Å². The maximum atomic E-state index is 5.83. The van der Waals surface area contributed by atoms with Gasteiger partial charge in [0.25, 0.3) is 0 Å². The number of para-hydroxylation sites is 2.